The summed E-state index contributed by atoms with van der Waals surface area (Å²) in [7, 11) is -1.86. The normalized spacial score (nSPS) is 12.6. The molecule has 0 N–H and O–H groups in total. The SMILES string of the molecule is CC(=O)c1ccc(COc2ccccc2C[C@@H](C#C[Si](C)(C)C)OC(F)(F)F)cc1. The summed E-state index contributed by atoms with van der Waals surface area (Å²) in [5.41, 5.74) is 4.98. The van der Waals surface area contributed by atoms with E-state index in [0.29, 0.717) is 16.9 Å². The summed E-state index contributed by atoms with van der Waals surface area (Å²) in [4.78, 5) is 11.4. The van der Waals surface area contributed by atoms with Crippen LogP contribution < -0.4 is 4.74 Å². The Bertz CT molecular complexity index is 920. The molecule has 0 aliphatic heterocycles. The summed E-state index contributed by atoms with van der Waals surface area (Å²) < 4.78 is 48.7. The maximum absolute atomic E-state index is 12.9. The lowest BCUT2D eigenvalue weighted by Crippen LogP contribution is -2.26. The highest BCUT2D eigenvalue weighted by atomic mass is 28.3. The highest BCUT2D eigenvalue weighted by molar-refractivity contribution is 6.83. The molecular formula is C23H25F3O3Si. The van der Waals surface area contributed by atoms with Gasteiger partial charge in [0.1, 0.15) is 26.5 Å². The largest absolute Gasteiger partial charge is 0.523 e. The first kappa shape index (κ1) is 23.7. The number of ketones is 1. The van der Waals surface area contributed by atoms with Gasteiger partial charge < -0.3 is 4.74 Å². The van der Waals surface area contributed by atoms with Crippen molar-refractivity contribution in [3.05, 3.63) is 65.2 Å². The average molecular weight is 435 g/mol. The van der Waals surface area contributed by atoms with Crippen molar-refractivity contribution in [2.24, 2.45) is 0 Å². The third kappa shape index (κ3) is 8.43. The highest BCUT2D eigenvalue weighted by Crippen LogP contribution is 2.25. The van der Waals surface area contributed by atoms with E-state index >= 15 is 0 Å². The van der Waals surface area contributed by atoms with Crippen LogP contribution in [-0.2, 0) is 17.8 Å². The molecule has 0 amide bonds. The molecule has 0 bridgehead atoms. The molecule has 0 unspecified atom stereocenters. The van der Waals surface area contributed by atoms with Crippen LogP contribution in [0.4, 0.5) is 13.2 Å². The van der Waals surface area contributed by atoms with E-state index < -0.39 is 20.5 Å². The third-order valence-corrected chi connectivity index (χ3v) is 4.91. The van der Waals surface area contributed by atoms with Gasteiger partial charge in [0, 0.05) is 12.0 Å². The van der Waals surface area contributed by atoms with Crippen molar-refractivity contribution in [1.82, 2.24) is 0 Å². The van der Waals surface area contributed by atoms with Crippen LogP contribution in [0.5, 0.6) is 5.75 Å². The number of hydrogen-bond donors (Lipinski definition) is 0. The predicted molar refractivity (Wildman–Crippen MR) is 113 cm³/mol. The Labute approximate surface area is 176 Å². The molecule has 0 aromatic heterocycles. The van der Waals surface area contributed by atoms with Gasteiger partial charge in [0.2, 0.25) is 0 Å². The van der Waals surface area contributed by atoms with Gasteiger partial charge in [0.15, 0.2) is 5.78 Å². The van der Waals surface area contributed by atoms with Crippen LogP contribution in [0.3, 0.4) is 0 Å². The Hall–Kier alpha value is -2.56. The van der Waals surface area contributed by atoms with E-state index in [1.807, 2.05) is 19.6 Å². The Kier molecular flexibility index (Phi) is 7.87. The second-order valence-corrected chi connectivity index (χ2v) is 12.7. The molecule has 2 aromatic rings. The number of para-hydroxylation sites is 1. The first-order valence-electron chi connectivity index (χ1n) is 9.51. The maximum Gasteiger partial charge on any atom is 0.523 e. The summed E-state index contributed by atoms with van der Waals surface area (Å²) in [6, 6.07) is 13.9. The highest BCUT2D eigenvalue weighted by Gasteiger charge is 2.33. The summed E-state index contributed by atoms with van der Waals surface area (Å²) in [5, 5.41) is 0. The molecular weight excluding hydrogens is 409 g/mol. The number of ether oxygens (including phenoxy) is 2. The van der Waals surface area contributed by atoms with Crippen molar-refractivity contribution in [2.45, 2.75) is 52.1 Å². The van der Waals surface area contributed by atoms with E-state index in [-0.39, 0.29) is 18.8 Å². The average Bonchev–Trinajstić information content (AvgIpc) is 2.64. The molecule has 2 rings (SSSR count). The number of Topliss-reactive ketones (excluding diaryl/α,β-unsaturated/α-hetero) is 1. The third-order valence-electron chi connectivity index (χ3n) is 4.02. The minimum atomic E-state index is -4.77. The summed E-state index contributed by atoms with van der Waals surface area (Å²) in [5.74, 6) is 3.11. The van der Waals surface area contributed by atoms with Crippen molar-refractivity contribution < 1.29 is 27.4 Å². The van der Waals surface area contributed by atoms with Crippen molar-refractivity contribution in [3.63, 3.8) is 0 Å². The van der Waals surface area contributed by atoms with Crippen molar-refractivity contribution in [3.8, 4) is 17.2 Å². The lowest BCUT2D eigenvalue weighted by molar-refractivity contribution is -0.334. The van der Waals surface area contributed by atoms with Crippen molar-refractivity contribution in [2.75, 3.05) is 0 Å². The minimum absolute atomic E-state index is 0.0250. The van der Waals surface area contributed by atoms with Gasteiger partial charge in [-0.2, -0.15) is 0 Å². The Morgan fingerprint density at radius 1 is 1.07 bits per heavy atom. The molecule has 0 heterocycles. The molecule has 160 valence electrons. The lowest BCUT2D eigenvalue weighted by Gasteiger charge is -2.18. The number of benzene rings is 2. The van der Waals surface area contributed by atoms with Crippen molar-refractivity contribution >= 4 is 13.9 Å². The molecule has 0 spiro atoms. The smallest absolute Gasteiger partial charge is 0.489 e. The Balaban J connectivity index is 2.16. The van der Waals surface area contributed by atoms with Crippen LogP contribution in [0, 0.1) is 11.5 Å². The molecule has 3 nitrogen and oxygen atoms in total. The van der Waals surface area contributed by atoms with Gasteiger partial charge in [-0.25, -0.2) is 0 Å². The summed E-state index contributed by atoms with van der Waals surface area (Å²) in [6.45, 7) is 7.59. The van der Waals surface area contributed by atoms with Gasteiger partial charge in [-0.15, -0.1) is 18.7 Å². The van der Waals surface area contributed by atoms with Crippen molar-refractivity contribution in [1.29, 1.82) is 0 Å². The molecule has 1 atom stereocenters. The monoisotopic (exact) mass is 434 g/mol. The zero-order valence-corrected chi connectivity index (χ0v) is 18.5. The van der Waals surface area contributed by atoms with Gasteiger partial charge >= 0.3 is 6.36 Å². The van der Waals surface area contributed by atoms with Gasteiger partial charge in [0.05, 0.1) is 0 Å². The van der Waals surface area contributed by atoms with Gasteiger partial charge in [-0.3, -0.25) is 9.53 Å². The van der Waals surface area contributed by atoms with E-state index in [1.54, 1.807) is 48.5 Å². The van der Waals surface area contributed by atoms with E-state index in [4.69, 9.17) is 4.74 Å². The van der Waals surface area contributed by atoms with Gasteiger partial charge in [-0.05, 0) is 24.1 Å². The summed E-state index contributed by atoms with van der Waals surface area (Å²) in [6.07, 6.45) is -6.12. The molecule has 0 saturated heterocycles. The number of carbonyl (C=O) groups is 1. The molecule has 0 aliphatic rings. The number of carbonyl (C=O) groups excluding carboxylic acids is 1. The fourth-order valence-electron chi connectivity index (χ4n) is 2.59. The zero-order chi connectivity index (χ0) is 22.4. The second-order valence-electron chi connectivity index (χ2n) is 7.93. The number of alkyl halides is 3. The first-order valence-corrected chi connectivity index (χ1v) is 13.0. The molecule has 2 aromatic carbocycles. The quantitative estimate of drug-likeness (QED) is 0.314. The van der Waals surface area contributed by atoms with Crippen LogP contribution in [0.15, 0.2) is 48.5 Å². The lowest BCUT2D eigenvalue weighted by atomic mass is 10.1. The number of halogens is 3. The fourth-order valence-corrected chi connectivity index (χ4v) is 3.18. The standard InChI is InChI=1S/C23H25F3O3Si/c1-17(27)19-11-9-18(10-12-19)16-28-22-8-6-5-7-20(22)15-21(29-23(24,25)26)13-14-30(2,3)4/h5-12,21H,15-16H2,1-4H3/t21-/m1/s1. The molecule has 0 radical (unpaired) electrons. The van der Waals surface area contributed by atoms with Crippen LogP contribution in [0.1, 0.15) is 28.4 Å². The fraction of sp³-hybridized carbons (Fsp3) is 0.348. The molecule has 0 saturated carbocycles. The minimum Gasteiger partial charge on any atom is -0.489 e. The van der Waals surface area contributed by atoms with Gasteiger partial charge in [-0.1, -0.05) is 68.0 Å². The van der Waals surface area contributed by atoms with Crippen LogP contribution >= 0.6 is 0 Å². The maximum atomic E-state index is 12.9. The number of hydrogen-bond acceptors (Lipinski definition) is 3. The van der Waals surface area contributed by atoms with Gasteiger partial charge in [0.25, 0.3) is 0 Å². The predicted octanol–water partition coefficient (Wildman–Crippen LogP) is 5.80. The second kappa shape index (κ2) is 9.96. The van der Waals surface area contributed by atoms with Crippen LogP contribution in [-0.4, -0.2) is 26.3 Å². The molecule has 0 fully saturated rings. The van der Waals surface area contributed by atoms with Crippen LogP contribution in [0.25, 0.3) is 0 Å². The number of rotatable bonds is 7. The molecule has 7 heteroatoms. The van der Waals surface area contributed by atoms with E-state index in [0.717, 1.165) is 5.56 Å². The Morgan fingerprint density at radius 3 is 2.27 bits per heavy atom. The van der Waals surface area contributed by atoms with E-state index in [2.05, 4.69) is 16.2 Å². The zero-order valence-electron chi connectivity index (χ0n) is 17.5. The summed E-state index contributed by atoms with van der Waals surface area (Å²) >= 11 is 0. The van der Waals surface area contributed by atoms with Crippen LogP contribution in [0.2, 0.25) is 19.6 Å². The molecule has 30 heavy (non-hydrogen) atoms. The first-order chi connectivity index (χ1) is 13.9. The molecule has 0 aliphatic carbocycles. The van der Waals surface area contributed by atoms with E-state index in [1.165, 1.54) is 6.92 Å². The Morgan fingerprint density at radius 2 is 1.70 bits per heavy atom. The van der Waals surface area contributed by atoms with E-state index in [9.17, 15) is 18.0 Å². The topological polar surface area (TPSA) is 35.5 Å².